The molecule has 122 valence electrons. The number of para-hydroxylation sites is 1. The van der Waals surface area contributed by atoms with Crippen LogP contribution in [0.4, 0.5) is 0 Å². The van der Waals surface area contributed by atoms with Gasteiger partial charge >= 0.3 is 0 Å². The first-order chi connectivity index (χ1) is 10.9. The summed E-state index contributed by atoms with van der Waals surface area (Å²) < 4.78 is 24.9. The van der Waals surface area contributed by atoms with E-state index in [0.717, 1.165) is 0 Å². The number of benzene rings is 1. The Balaban J connectivity index is 1.92. The van der Waals surface area contributed by atoms with Crippen molar-refractivity contribution in [3.05, 3.63) is 48.3 Å². The highest BCUT2D eigenvalue weighted by Gasteiger charge is 2.40. The maximum absolute atomic E-state index is 12.8. The second-order valence-corrected chi connectivity index (χ2v) is 7.75. The van der Waals surface area contributed by atoms with Crippen LogP contribution in [0.1, 0.15) is 10.4 Å². The van der Waals surface area contributed by atoms with Gasteiger partial charge in [-0.3, -0.25) is 4.79 Å². The SMILES string of the molecule is CN(C(=O)c1ccccc1-n1cccn1)[C@@H]1CS(=O)(=O)C[C@H]1O. The Bertz CT molecular complexity index is 817. The number of hydrogen-bond donors (Lipinski definition) is 1. The summed E-state index contributed by atoms with van der Waals surface area (Å²) in [5, 5.41) is 14.1. The van der Waals surface area contributed by atoms with Crippen LogP contribution >= 0.6 is 0 Å². The number of nitrogens with zero attached hydrogens (tertiary/aromatic N) is 3. The molecule has 7 nitrogen and oxygen atoms in total. The van der Waals surface area contributed by atoms with Gasteiger partial charge in [0.05, 0.1) is 34.9 Å². The van der Waals surface area contributed by atoms with Crippen LogP contribution in [0.15, 0.2) is 42.7 Å². The number of aliphatic hydroxyl groups is 1. The molecule has 0 aliphatic carbocycles. The third-order valence-electron chi connectivity index (χ3n) is 4.00. The lowest BCUT2D eigenvalue weighted by Crippen LogP contribution is -2.44. The molecule has 0 radical (unpaired) electrons. The average Bonchev–Trinajstić information content (AvgIpc) is 3.13. The molecule has 1 saturated heterocycles. The first-order valence-corrected chi connectivity index (χ1v) is 8.96. The molecule has 0 saturated carbocycles. The lowest BCUT2D eigenvalue weighted by Gasteiger charge is -2.26. The van der Waals surface area contributed by atoms with Gasteiger partial charge in [0.15, 0.2) is 9.84 Å². The molecule has 2 heterocycles. The maximum atomic E-state index is 12.8. The highest BCUT2D eigenvalue weighted by atomic mass is 32.2. The van der Waals surface area contributed by atoms with E-state index in [4.69, 9.17) is 0 Å². The number of hydrogen-bond acceptors (Lipinski definition) is 5. The first-order valence-electron chi connectivity index (χ1n) is 7.14. The first kappa shape index (κ1) is 15.7. The van der Waals surface area contributed by atoms with Crippen molar-refractivity contribution in [2.24, 2.45) is 0 Å². The molecule has 23 heavy (non-hydrogen) atoms. The van der Waals surface area contributed by atoms with Gasteiger partial charge in [0, 0.05) is 19.4 Å². The van der Waals surface area contributed by atoms with Crippen LogP contribution < -0.4 is 0 Å². The Kier molecular flexibility index (Phi) is 3.95. The fraction of sp³-hybridized carbons (Fsp3) is 0.333. The third kappa shape index (κ3) is 2.99. The minimum atomic E-state index is -3.32. The molecule has 0 spiro atoms. The zero-order valence-corrected chi connectivity index (χ0v) is 13.3. The van der Waals surface area contributed by atoms with Gasteiger partial charge in [0.1, 0.15) is 0 Å². The molecule has 1 fully saturated rings. The highest BCUT2D eigenvalue weighted by molar-refractivity contribution is 7.91. The molecule has 1 N–H and O–H groups in total. The summed E-state index contributed by atoms with van der Waals surface area (Å²) in [5.74, 6) is -0.881. The minimum absolute atomic E-state index is 0.222. The number of rotatable bonds is 3. The second kappa shape index (κ2) is 5.78. The standard InChI is InChI=1S/C15H17N3O4S/c1-17(13-9-23(21,22)10-14(13)19)15(20)11-5-2-3-6-12(11)18-8-4-7-16-18/h2-8,13-14,19H,9-10H2,1H3/t13-,14-/m1/s1. The molecular weight excluding hydrogens is 318 g/mol. The zero-order chi connectivity index (χ0) is 16.6. The zero-order valence-electron chi connectivity index (χ0n) is 12.5. The van der Waals surface area contributed by atoms with E-state index in [1.54, 1.807) is 47.4 Å². The van der Waals surface area contributed by atoms with Crippen molar-refractivity contribution in [3.63, 3.8) is 0 Å². The number of carbonyl (C=O) groups excluding carboxylic acids is 1. The molecule has 1 aromatic heterocycles. The Morgan fingerprint density at radius 1 is 1.30 bits per heavy atom. The molecule has 3 rings (SSSR count). The van der Waals surface area contributed by atoms with Crippen molar-refractivity contribution in [3.8, 4) is 5.69 Å². The Morgan fingerprint density at radius 3 is 2.65 bits per heavy atom. The highest BCUT2D eigenvalue weighted by Crippen LogP contribution is 2.21. The third-order valence-corrected chi connectivity index (χ3v) is 5.70. The van der Waals surface area contributed by atoms with E-state index in [1.807, 2.05) is 0 Å². The summed E-state index contributed by atoms with van der Waals surface area (Å²) in [6.45, 7) is 0. The molecule has 8 heteroatoms. The van der Waals surface area contributed by atoms with Crippen LogP contribution in [0.2, 0.25) is 0 Å². The molecule has 2 atom stereocenters. The van der Waals surface area contributed by atoms with E-state index in [0.29, 0.717) is 11.3 Å². The van der Waals surface area contributed by atoms with Crippen LogP contribution in [0.3, 0.4) is 0 Å². The Labute approximate surface area is 134 Å². The van der Waals surface area contributed by atoms with Gasteiger partial charge in [-0.2, -0.15) is 5.10 Å². The summed E-state index contributed by atoms with van der Waals surface area (Å²) >= 11 is 0. The monoisotopic (exact) mass is 335 g/mol. The van der Waals surface area contributed by atoms with Gasteiger partial charge in [-0.15, -0.1) is 0 Å². The van der Waals surface area contributed by atoms with E-state index < -0.39 is 22.0 Å². The van der Waals surface area contributed by atoms with Crippen molar-refractivity contribution >= 4 is 15.7 Å². The number of aromatic nitrogens is 2. The predicted octanol–water partition coefficient (Wildman–Crippen LogP) is 0.102. The second-order valence-electron chi connectivity index (χ2n) is 5.60. The van der Waals surface area contributed by atoms with Crippen LogP contribution in [-0.2, 0) is 9.84 Å². The van der Waals surface area contributed by atoms with Crippen LogP contribution in [0.25, 0.3) is 5.69 Å². The number of sulfone groups is 1. The number of amides is 1. The van der Waals surface area contributed by atoms with Crippen molar-refractivity contribution in [1.82, 2.24) is 14.7 Å². The summed E-state index contributed by atoms with van der Waals surface area (Å²) in [4.78, 5) is 14.1. The molecular formula is C15H17N3O4S. The molecule has 1 aromatic carbocycles. The number of carbonyl (C=O) groups is 1. The molecule has 0 bridgehead atoms. The van der Waals surface area contributed by atoms with Crippen molar-refractivity contribution in [2.75, 3.05) is 18.6 Å². The van der Waals surface area contributed by atoms with E-state index >= 15 is 0 Å². The summed E-state index contributed by atoms with van der Waals surface area (Å²) in [6, 6.07) is 7.96. The van der Waals surface area contributed by atoms with E-state index in [2.05, 4.69) is 5.10 Å². The van der Waals surface area contributed by atoms with Crippen molar-refractivity contribution < 1.29 is 18.3 Å². The van der Waals surface area contributed by atoms with Gasteiger partial charge in [0.25, 0.3) is 5.91 Å². The summed E-state index contributed by atoms with van der Waals surface area (Å²) in [5.41, 5.74) is 1.000. The van der Waals surface area contributed by atoms with Gasteiger partial charge in [-0.05, 0) is 18.2 Å². The van der Waals surface area contributed by atoms with Crippen LogP contribution in [-0.4, -0.2) is 64.8 Å². The number of aliphatic hydroxyl groups excluding tert-OH is 1. The fourth-order valence-corrected chi connectivity index (χ4v) is 4.63. The lowest BCUT2D eigenvalue weighted by molar-refractivity contribution is 0.0581. The van der Waals surface area contributed by atoms with Crippen LogP contribution in [0.5, 0.6) is 0 Å². The molecule has 0 unspecified atom stereocenters. The van der Waals surface area contributed by atoms with E-state index in [1.165, 1.54) is 11.9 Å². The van der Waals surface area contributed by atoms with Crippen LogP contribution in [0, 0.1) is 0 Å². The van der Waals surface area contributed by atoms with Gasteiger partial charge in [0.2, 0.25) is 0 Å². The Morgan fingerprint density at radius 2 is 2.04 bits per heavy atom. The van der Waals surface area contributed by atoms with Gasteiger partial charge in [-0.25, -0.2) is 13.1 Å². The lowest BCUT2D eigenvalue weighted by atomic mass is 10.1. The maximum Gasteiger partial charge on any atom is 0.256 e. The van der Waals surface area contributed by atoms with Gasteiger partial charge in [-0.1, -0.05) is 12.1 Å². The van der Waals surface area contributed by atoms with E-state index in [9.17, 15) is 18.3 Å². The summed E-state index contributed by atoms with van der Waals surface area (Å²) in [6.07, 6.45) is 2.27. The summed E-state index contributed by atoms with van der Waals surface area (Å²) in [7, 11) is -1.81. The largest absolute Gasteiger partial charge is 0.390 e. The normalized spacial score (nSPS) is 22.9. The van der Waals surface area contributed by atoms with Gasteiger partial charge < -0.3 is 10.0 Å². The van der Waals surface area contributed by atoms with Crippen molar-refractivity contribution in [1.29, 1.82) is 0 Å². The Hall–Kier alpha value is -2.19. The topological polar surface area (TPSA) is 92.5 Å². The van der Waals surface area contributed by atoms with Crippen molar-refractivity contribution in [2.45, 2.75) is 12.1 Å². The average molecular weight is 335 g/mol. The smallest absolute Gasteiger partial charge is 0.256 e. The van der Waals surface area contributed by atoms with E-state index in [-0.39, 0.29) is 17.4 Å². The fourth-order valence-electron chi connectivity index (χ4n) is 2.79. The minimum Gasteiger partial charge on any atom is -0.390 e. The molecule has 1 aliphatic rings. The predicted molar refractivity (Wildman–Crippen MR) is 84.1 cm³/mol. The molecule has 1 aliphatic heterocycles. The molecule has 2 aromatic rings. The quantitative estimate of drug-likeness (QED) is 0.859. The number of likely N-dealkylation sites (N-methyl/N-ethyl adjacent to an activating group) is 1. The molecule has 1 amide bonds.